The lowest BCUT2D eigenvalue weighted by Crippen LogP contribution is -2.25. The number of anilines is 1. The maximum Gasteiger partial charge on any atom is 0.312 e. The molecule has 1 aliphatic rings. The number of carbonyl (C=O) groups excluding carboxylic acids is 2. The summed E-state index contributed by atoms with van der Waals surface area (Å²) in [6.07, 6.45) is 0.612. The molecule has 1 aliphatic heterocycles. The van der Waals surface area contributed by atoms with Crippen LogP contribution in [0.25, 0.3) is 0 Å². The van der Waals surface area contributed by atoms with Crippen LogP contribution in [0.2, 0.25) is 0 Å². The molecule has 0 spiro atoms. The first-order valence-electron chi connectivity index (χ1n) is 5.95. The van der Waals surface area contributed by atoms with Gasteiger partial charge in [-0.3, -0.25) is 14.4 Å². The van der Waals surface area contributed by atoms with E-state index in [9.17, 15) is 14.4 Å². The van der Waals surface area contributed by atoms with Crippen molar-refractivity contribution in [1.29, 1.82) is 0 Å². The number of carboxylic acids is 1. The molecule has 3 N–H and O–H groups in total. The molecule has 0 aromatic heterocycles. The average molecular weight is 262 g/mol. The Kier molecular flexibility index (Phi) is 3.79. The number of aryl methyl sites for hydroxylation is 1. The number of hydrogen-bond acceptors (Lipinski definition) is 3. The molecular formula is C13H14N2O4. The Morgan fingerprint density at radius 3 is 2.84 bits per heavy atom. The fraction of sp³-hybridized carbons (Fsp3) is 0.308. The van der Waals surface area contributed by atoms with Crippen molar-refractivity contribution in [2.75, 3.05) is 5.32 Å². The summed E-state index contributed by atoms with van der Waals surface area (Å²) in [6.45, 7) is 0.285. The molecule has 2 amide bonds. The van der Waals surface area contributed by atoms with E-state index >= 15 is 0 Å². The van der Waals surface area contributed by atoms with Crippen molar-refractivity contribution in [1.82, 2.24) is 5.32 Å². The van der Waals surface area contributed by atoms with Crippen LogP contribution in [-0.4, -0.2) is 22.9 Å². The van der Waals surface area contributed by atoms with Crippen LogP contribution >= 0.6 is 0 Å². The number of nitrogens with one attached hydrogen (secondary N) is 2. The zero-order chi connectivity index (χ0) is 13.8. The van der Waals surface area contributed by atoms with E-state index in [-0.39, 0.29) is 12.5 Å². The molecular weight excluding hydrogens is 248 g/mol. The van der Waals surface area contributed by atoms with Crippen molar-refractivity contribution in [3.8, 4) is 0 Å². The third-order valence-corrected chi connectivity index (χ3v) is 2.87. The molecule has 0 fully saturated rings. The molecule has 0 unspecified atom stereocenters. The molecule has 0 saturated heterocycles. The second-order valence-electron chi connectivity index (χ2n) is 4.39. The van der Waals surface area contributed by atoms with Crippen LogP contribution in [0, 0.1) is 0 Å². The van der Waals surface area contributed by atoms with Gasteiger partial charge in [0.05, 0.1) is 0 Å². The fourth-order valence-corrected chi connectivity index (χ4v) is 1.95. The van der Waals surface area contributed by atoms with Crippen LogP contribution in [0.5, 0.6) is 0 Å². The summed E-state index contributed by atoms with van der Waals surface area (Å²) >= 11 is 0. The number of fused-ring (bicyclic) bond motifs is 1. The predicted octanol–water partition coefficient (Wildman–Crippen LogP) is 0.662. The highest BCUT2D eigenvalue weighted by Gasteiger charge is 2.15. The minimum Gasteiger partial charge on any atom is -0.481 e. The summed E-state index contributed by atoms with van der Waals surface area (Å²) < 4.78 is 0. The molecule has 6 heteroatoms. The smallest absolute Gasteiger partial charge is 0.312 e. The van der Waals surface area contributed by atoms with E-state index in [1.165, 1.54) is 0 Å². The largest absolute Gasteiger partial charge is 0.481 e. The monoisotopic (exact) mass is 262 g/mol. The van der Waals surface area contributed by atoms with Crippen molar-refractivity contribution in [3.05, 3.63) is 29.3 Å². The van der Waals surface area contributed by atoms with Gasteiger partial charge in [0.15, 0.2) is 0 Å². The number of aliphatic carboxylic acids is 1. The van der Waals surface area contributed by atoms with E-state index < -0.39 is 18.3 Å². The van der Waals surface area contributed by atoms with E-state index in [4.69, 9.17) is 5.11 Å². The molecule has 6 nitrogen and oxygen atoms in total. The number of rotatable bonds is 4. The SMILES string of the molecule is O=C(O)CC(=O)NCc1ccc2c(c1)CCC(=O)N2. The summed E-state index contributed by atoms with van der Waals surface area (Å²) in [5.74, 6) is -1.65. The van der Waals surface area contributed by atoms with Crippen LogP contribution in [0.3, 0.4) is 0 Å². The van der Waals surface area contributed by atoms with Crippen molar-refractivity contribution < 1.29 is 19.5 Å². The van der Waals surface area contributed by atoms with Crippen molar-refractivity contribution >= 4 is 23.5 Å². The first-order valence-corrected chi connectivity index (χ1v) is 5.95. The summed E-state index contributed by atoms with van der Waals surface area (Å²) in [4.78, 5) is 32.8. The highest BCUT2D eigenvalue weighted by Crippen LogP contribution is 2.23. The number of amides is 2. The number of carboxylic acid groups (broad SMARTS) is 1. The molecule has 0 saturated carbocycles. The van der Waals surface area contributed by atoms with Crippen LogP contribution in [-0.2, 0) is 27.3 Å². The zero-order valence-electron chi connectivity index (χ0n) is 10.2. The average Bonchev–Trinajstić information content (AvgIpc) is 2.35. The summed E-state index contributed by atoms with van der Waals surface area (Å²) in [5, 5.41) is 13.8. The van der Waals surface area contributed by atoms with Gasteiger partial charge >= 0.3 is 5.97 Å². The Morgan fingerprint density at radius 1 is 1.32 bits per heavy atom. The van der Waals surface area contributed by atoms with Gasteiger partial charge in [0, 0.05) is 18.7 Å². The standard InChI is InChI=1S/C13H14N2O4/c16-11-4-2-9-5-8(1-3-10(9)15-11)7-14-12(17)6-13(18)19/h1,3,5H,2,4,6-7H2,(H,14,17)(H,15,16)(H,18,19). The van der Waals surface area contributed by atoms with Gasteiger partial charge in [0.1, 0.15) is 6.42 Å². The van der Waals surface area contributed by atoms with Gasteiger partial charge in [0.25, 0.3) is 0 Å². The van der Waals surface area contributed by atoms with E-state index in [2.05, 4.69) is 10.6 Å². The lowest BCUT2D eigenvalue weighted by molar-refractivity contribution is -0.140. The minimum absolute atomic E-state index is 0.00927. The summed E-state index contributed by atoms with van der Waals surface area (Å²) in [7, 11) is 0. The molecule has 100 valence electrons. The van der Waals surface area contributed by atoms with Crippen LogP contribution in [0.4, 0.5) is 5.69 Å². The number of benzene rings is 1. The molecule has 1 heterocycles. The summed E-state index contributed by atoms with van der Waals surface area (Å²) in [6, 6.07) is 5.51. The number of carbonyl (C=O) groups is 3. The number of hydrogen-bond donors (Lipinski definition) is 3. The van der Waals surface area contributed by atoms with Crippen molar-refractivity contribution in [2.24, 2.45) is 0 Å². The van der Waals surface area contributed by atoms with Gasteiger partial charge in [-0.05, 0) is 23.6 Å². The lowest BCUT2D eigenvalue weighted by atomic mass is 10.0. The topological polar surface area (TPSA) is 95.5 Å². The Morgan fingerprint density at radius 2 is 2.11 bits per heavy atom. The molecule has 0 bridgehead atoms. The maximum absolute atomic E-state index is 11.2. The minimum atomic E-state index is -1.15. The van der Waals surface area contributed by atoms with E-state index in [1.807, 2.05) is 6.07 Å². The zero-order valence-corrected chi connectivity index (χ0v) is 10.2. The predicted molar refractivity (Wildman–Crippen MR) is 67.5 cm³/mol. The Balaban J connectivity index is 1.97. The molecule has 0 atom stereocenters. The molecule has 2 rings (SSSR count). The van der Waals surface area contributed by atoms with E-state index in [0.717, 1.165) is 16.8 Å². The molecule has 19 heavy (non-hydrogen) atoms. The Bertz CT molecular complexity index is 539. The maximum atomic E-state index is 11.2. The van der Waals surface area contributed by atoms with Crippen LogP contribution < -0.4 is 10.6 Å². The first kappa shape index (κ1) is 13.1. The Labute approximate surface area is 109 Å². The van der Waals surface area contributed by atoms with Gasteiger partial charge in [-0.1, -0.05) is 12.1 Å². The molecule has 1 aromatic rings. The molecule has 1 aromatic carbocycles. The third-order valence-electron chi connectivity index (χ3n) is 2.87. The first-order chi connectivity index (χ1) is 9.04. The molecule has 0 aliphatic carbocycles. The highest BCUT2D eigenvalue weighted by molar-refractivity contribution is 5.94. The van der Waals surface area contributed by atoms with Gasteiger partial charge in [0.2, 0.25) is 11.8 Å². The molecule has 0 radical (unpaired) electrons. The Hall–Kier alpha value is -2.37. The van der Waals surface area contributed by atoms with E-state index in [0.29, 0.717) is 12.8 Å². The second-order valence-corrected chi connectivity index (χ2v) is 4.39. The lowest BCUT2D eigenvalue weighted by Gasteiger charge is -2.17. The van der Waals surface area contributed by atoms with Gasteiger partial charge in [-0.25, -0.2) is 0 Å². The second kappa shape index (κ2) is 5.51. The van der Waals surface area contributed by atoms with Crippen molar-refractivity contribution in [2.45, 2.75) is 25.8 Å². The normalized spacial score (nSPS) is 13.4. The van der Waals surface area contributed by atoms with Gasteiger partial charge in [-0.2, -0.15) is 0 Å². The van der Waals surface area contributed by atoms with Crippen LogP contribution in [0.1, 0.15) is 24.0 Å². The highest BCUT2D eigenvalue weighted by atomic mass is 16.4. The van der Waals surface area contributed by atoms with Gasteiger partial charge < -0.3 is 15.7 Å². The van der Waals surface area contributed by atoms with Crippen LogP contribution in [0.15, 0.2) is 18.2 Å². The van der Waals surface area contributed by atoms with E-state index in [1.54, 1.807) is 12.1 Å². The fourth-order valence-electron chi connectivity index (χ4n) is 1.95. The van der Waals surface area contributed by atoms with Gasteiger partial charge in [-0.15, -0.1) is 0 Å². The quantitative estimate of drug-likeness (QED) is 0.695. The third kappa shape index (κ3) is 3.54. The summed E-state index contributed by atoms with van der Waals surface area (Å²) in [5.41, 5.74) is 2.72. The van der Waals surface area contributed by atoms with Crippen molar-refractivity contribution in [3.63, 3.8) is 0 Å².